The second-order valence-electron chi connectivity index (χ2n) is 5.46. The maximum atomic E-state index is 6.30. The van der Waals surface area contributed by atoms with Gasteiger partial charge in [0.2, 0.25) is 0 Å². The van der Waals surface area contributed by atoms with Crippen LogP contribution in [0.5, 0.6) is 0 Å². The number of halogens is 1. The van der Waals surface area contributed by atoms with E-state index < -0.39 is 0 Å². The molecule has 21 heavy (non-hydrogen) atoms. The van der Waals surface area contributed by atoms with Gasteiger partial charge in [-0.15, -0.1) is 0 Å². The van der Waals surface area contributed by atoms with Crippen LogP contribution in [0.3, 0.4) is 0 Å². The molecule has 0 aliphatic carbocycles. The van der Waals surface area contributed by atoms with Crippen molar-refractivity contribution in [3.63, 3.8) is 0 Å². The molecule has 0 amide bonds. The molecule has 0 spiro atoms. The Morgan fingerprint density at radius 1 is 1.05 bits per heavy atom. The van der Waals surface area contributed by atoms with Crippen LogP contribution in [0.25, 0.3) is 0 Å². The molecule has 0 saturated carbocycles. The Morgan fingerprint density at radius 2 is 1.81 bits per heavy atom. The van der Waals surface area contributed by atoms with E-state index in [2.05, 4.69) is 54.4 Å². The molecule has 0 bridgehead atoms. The molecular formula is C18H23ClN2. The molecule has 0 aliphatic rings. The smallest absolute Gasteiger partial charge is 0.0454 e. The average Bonchev–Trinajstić information content (AvgIpc) is 2.50. The quantitative estimate of drug-likeness (QED) is 0.841. The van der Waals surface area contributed by atoms with Crippen LogP contribution in [0.1, 0.15) is 23.1 Å². The van der Waals surface area contributed by atoms with E-state index in [1.807, 2.05) is 6.07 Å². The van der Waals surface area contributed by atoms with E-state index in [9.17, 15) is 0 Å². The summed E-state index contributed by atoms with van der Waals surface area (Å²) in [4.78, 5) is 2.31. The van der Waals surface area contributed by atoms with Gasteiger partial charge in [-0.25, -0.2) is 0 Å². The fraction of sp³-hybridized carbons (Fsp3) is 0.333. The van der Waals surface area contributed by atoms with E-state index >= 15 is 0 Å². The number of nitrogens with two attached hydrogens (primary N) is 1. The molecule has 2 nitrogen and oxygen atoms in total. The minimum atomic E-state index is 0.535. The standard InChI is InChI=1S/C18H23ClN2/c1-21(11-5-8-15-6-3-2-4-7-15)14-17-10-9-16(13-20)12-18(17)19/h2-4,6-7,9-10,12H,5,8,11,13-14,20H2,1H3. The summed E-state index contributed by atoms with van der Waals surface area (Å²) in [6.45, 7) is 2.47. The van der Waals surface area contributed by atoms with Crippen LogP contribution in [-0.4, -0.2) is 18.5 Å². The lowest BCUT2D eigenvalue weighted by molar-refractivity contribution is 0.322. The summed E-state index contributed by atoms with van der Waals surface area (Å²) in [5, 5.41) is 0.813. The van der Waals surface area contributed by atoms with Crippen molar-refractivity contribution in [2.24, 2.45) is 5.73 Å². The molecule has 3 heteroatoms. The van der Waals surface area contributed by atoms with Crippen molar-refractivity contribution in [1.82, 2.24) is 4.90 Å². The molecule has 2 rings (SSSR count). The van der Waals surface area contributed by atoms with E-state index in [1.165, 1.54) is 5.56 Å². The summed E-state index contributed by atoms with van der Waals surface area (Å²) in [5.74, 6) is 0. The monoisotopic (exact) mass is 302 g/mol. The lowest BCUT2D eigenvalue weighted by Crippen LogP contribution is -2.19. The van der Waals surface area contributed by atoms with Crippen molar-refractivity contribution < 1.29 is 0 Å². The van der Waals surface area contributed by atoms with Crippen molar-refractivity contribution in [3.05, 3.63) is 70.2 Å². The number of rotatable bonds is 7. The lowest BCUT2D eigenvalue weighted by Gasteiger charge is -2.18. The molecule has 0 aromatic heterocycles. The summed E-state index contributed by atoms with van der Waals surface area (Å²) in [5.41, 5.74) is 9.26. The second kappa shape index (κ2) is 8.18. The zero-order valence-corrected chi connectivity index (χ0v) is 13.3. The molecular weight excluding hydrogens is 280 g/mol. The summed E-state index contributed by atoms with van der Waals surface area (Å²) < 4.78 is 0. The number of benzene rings is 2. The van der Waals surface area contributed by atoms with Crippen LogP contribution >= 0.6 is 11.6 Å². The Morgan fingerprint density at radius 3 is 2.48 bits per heavy atom. The highest BCUT2D eigenvalue weighted by Gasteiger charge is 2.05. The third kappa shape index (κ3) is 5.16. The van der Waals surface area contributed by atoms with Gasteiger partial charge in [-0.1, -0.05) is 54.1 Å². The average molecular weight is 303 g/mol. The second-order valence-corrected chi connectivity index (χ2v) is 5.86. The third-order valence-electron chi connectivity index (χ3n) is 3.64. The predicted octanol–water partition coefficient (Wildman–Crippen LogP) is 3.86. The van der Waals surface area contributed by atoms with Crippen LogP contribution in [0.4, 0.5) is 0 Å². The molecule has 2 aromatic rings. The fourth-order valence-electron chi connectivity index (χ4n) is 2.41. The number of hydrogen-bond acceptors (Lipinski definition) is 2. The molecule has 0 heterocycles. The van der Waals surface area contributed by atoms with Gasteiger partial charge in [0, 0.05) is 18.1 Å². The zero-order valence-electron chi connectivity index (χ0n) is 12.6. The first kappa shape index (κ1) is 16.0. The van der Waals surface area contributed by atoms with E-state index in [1.54, 1.807) is 0 Å². The zero-order chi connectivity index (χ0) is 15.1. The maximum Gasteiger partial charge on any atom is 0.0454 e. The van der Waals surface area contributed by atoms with E-state index in [-0.39, 0.29) is 0 Å². The van der Waals surface area contributed by atoms with Crippen LogP contribution in [0.2, 0.25) is 5.02 Å². The first-order chi connectivity index (χ1) is 10.2. The van der Waals surface area contributed by atoms with Gasteiger partial charge in [-0.2, -0.15) is 0 Å². The molecule has 0 fully saturated rings. The lowest BCUT2D eigenvalue weighted by atomic mass is 10.1. The molecule has 0 atom stereocenters. The fourth-order valence-corrected chi connectivity index (χ4v) is 2.68. The molecule has 2 aromatic carbocycles. The normalized spacial score (nSPS) is 11.0. The predicted molar refractivity (Wildman–Crippen MR) is 90.4 cm³/mol. The third-order valence-corrected chi connectivity index (χ3v) is 3.99. The van der Waals surface area contributed by atoms with Crippen LogP contribution in [0, 0.1) is 0 Å². The minimum Gasteiger partial charge on any atom is -0.326 e. The van der Waals surface area contributed by atoms with Crippen LogP contribution in [-0.2, 0) is 19.5 Å². The van der Waals surface area contributed by atoms with Gasteiger partial charge in [0.15, 0.2) is 0 Å². The van der Waals surface area contributed by atoms with Crippen molar-refractivity contribution in [3.8, 4) is 0 Å². The van der Waals surface area contributed by atoms with Gasteiger partial charge >= 0.3 is 0 Å². The summed E-state index contributed by atoms with van der Waals surface area (Å²) in [7, 11) is 2.14. The largest absolute Gasteiger partial charge is 0.326 e. The SMILES string of the molecule is CN(CCCc1ccccc1)Cc1ccc(CN)cc1Cl. The summed E-state index contributed by atoms with van der Waals surface area (Å²) >= 11 is 6.30. The van der Waals surface area contributed by atoms with E-state index in [0.717, 1.165) is 42.1 Å². The van der Waals surface area contributed by atoms with Crippen molar-refractivity contribution in [2.45, 2.75) is 25.9 Å². The Bertz CT molecular complexity index is 554. The highest BCUT2D eigenvalue weighted by atomic mass is 35.5. The van der Waals surface area contributed by atoms with E-state index in [4.69, 9.17) is 17.3 Å². The highest BCUT2D eigenvalue weighted by Crippen LogP contribution is 2.19. The van der Waals surface area contributed by atoms with Gasteiger partial charge in [0.25, 0.3) is 0 Å². The summed E-state index contributed by atoms with van der Waals surface area (Å²) in [6, 6.07) is 16.7. The first-order valence-corrected chi connectivity index (χ1v) is 7.76. The first-order valence-electron chi connectivity index (χ1n) is 7.39. The number of aryl methyl sites for hydroxylation is 1. The summed E-state index contributed by atoms with van der Waals surface area (Å²) in [6.07, 6.45) is 2.27. The molecule has 2 N–H and O–H groups in total. The van der Waals surface area contributed by atoms with Gasteiger partial charge in [0.05, 0.1) is 0 Å². The van der Waals surface area contributed by atoms with Gasteiger partial charge in [-0.3, -0.25) is 0 Å². The van der Waals surface area contributed by atoms with Crippen molar-refractivity contribution in [2.75, 3.05) is 13.6 Å². The Balaban J connectivity index is 1.80. The Labute approximate surface area is 132 Å². The topological polar surface area (TPSA) is 29.3 Å². The van der Waals surface area contributed by atoms with Crippen molar-refractivity contribution in [1.29, 1.82) is 0 Å². The van der Waals surface area contributed by atoms with Gasteiger partial charge in [-0.05, 0) is 49.2 Å². The number of hydrogen-bond donors (Lipinski definition) is 1. The molecule has 0 saturated heterocycles. The van der Waals surface area contributed by atoms with Gasteiger partial charge < -0.3 is 10.6 Å². The minimum absolute atomic E-state index is 0.535. The Hall–Kier alpha value is -1.35. The molecule has 0 unspecified atom stereocenters. The van der Waals surface area contributed by atoms with Crippen molar-refractivity contribution >= 4 is 11.6 Å². The van der Waals surface area contributed by atoms with E-state index in [0.29, 0.717) is 6.54 Å². The van der Waals surface area contributed by atoms with Crippen LogP contribution in [0.15, 0.2) is 48.5 Å². The Kier molecular flexibility index (Phi) is 6.24. The number of nitrogens with zero attached hydrogens (tertiary/aromatic N) is 1. The molecule has 0 radical (unpaired) electrons. The maximum absolute atomic E-state index is 6.30. The van der Waals surface area contributed by atoms with Crippen LogP contribution < -0.4 is 5.73 Å². The van der Waals surface area contributed by atoms with Gasteiger partial charge in [0.1, 0.15) is 0 Å². The molecule has 0 aliphatic heterocycles. The highest BCUT2D eigenvalue weighted by molar-refractivity contribution is 6.31. The molecule has 112 valence electrons.